The van der Waals surface area contributed by atoms with E-state index < -0.39 is 0 Å². The van der Waals surface area contributed by atoms with Crippen LogP contribution in [0.5, 0.6) is 0 Å². The van der Waals surface area contributed by atoms with Crippen molar-refractivity contribution in [1.29, 1.82) is 0 Å². The Hall–Kier alpha value is -3.05. The van der Waals surface area contributed by atoms with Crippen molar-refractivity contribution in [2.75, 3.05) is 16.0 Å². The summed E-state index contributed by atoms with van der Waals surface area (Å²) in [4.78, 5) is 26.8. The van der Waals surface area contributed by atoms with Crippen molar-refractivity contribution in [2.45, 2.75) is 11.8 Å². The number of amides is 2. The van der Waals surface area contributed by atoms with E-state index >= 15 is 0 Å². The van der Waals surface area contributed by atoms with Gasteiger partial charge in [-0.1, -0.05) is 36.4 Å². The lowest BCUT2D eigenvalue weighted by atomic mass is 10.2. The van der Waals surface area contributed by atoms with Crippen LogP contribution in [0.3, 0.4) is 0 Å². The topological polar surface area (TPSA) is 49.4 Å². The fourth-order valence-electron chi connectivity index (χ4n) is 2.64. The molecule has 136 valence electrons. The van der Waals surface area contributed by atoms with Gasteiger partial charge in [-0.25, -0.2) is 0 Å². The molecule has 2 amide bonds. The molecular formula is C22H20N2O2S. The first kappa shape index (κ1) is 18.7. The molecule has 0 aliphatic heterocycles. The minimum absolute atomic E-state index is 0.00309. The normalized spacial score (nSPS) is 10.3. The number of para-hydroxylation sites is 2. The molecule has 0 heterocycles. The first-order chi connectivity index (χ1) is 13.1. The van der Waals surface area contributed by atoms with Crippen LogP contribution in [0.4, 0.5) is 17.1 Å². The predicted molar refractivity (Wildman–Crippen MR) is 111 cm³/mol. The zero-order valence-corrected chi connectivity index (χ0v) is 15.8. The number of benzene rings is 3. The Morgan fingerprint density at radius 1 is 0.815 bits per heavy atom. The molecule has 0 aromatic heterocycles. The van der Waals surface area contributed by atoms with E-state index in [1.165, 1.54) is 18.7 Å². The Kier molecular flexibility index (Phi) is 6.28. The Bertz CT molecular complexity index is 857. The molecule has 27 heavy (non-hydrogen) atoms. The number of rotatable bonds is 6. The Labute approximate surface area is 163 Å². The molecule has 4 nitrogen and oxygen atoms in total. The summed E-state index contributed by atoms with van der Waals surface area (Å²) in [7, 11) is 0. The number of anilines is 3. The largest absolute Gasteiger partial charge is 0.326 e. The van der Waals surface area contributed by atoms with Crippen LogP contribution in [-0.4, -0.2) is 17.6 Å². The summed E-state index contributed by atoms with van der Waals surface area (Å²) < 4.78 is 0. The van der Waals surface area contributed by atoms with Gasteiger partial charge in [-0.3, -0.25) is 14.5 Å². The van der Waals surface area contributed by atoms with E-state index in [4.69, 9.17) is 0 Å². The summed E-state index contributed by atoms with van der Waals surface area (Å²) in [5.74, 6) is 0.207. The zero-order valence-electron chi connectivity index (χ0n) is 15.0. The zero-order chi connectivity index (χ0) is 19.1. The van der Waals surface area contributed by atoms with Gasteiger partial charge in [-0.05, 0) is 48.5 Å². The maximum Gasteiger partial charge on any atom is 0.241 e. The van der Waals surface area contributed by atoms with E-state index in [9.17, 15) is 9.59 Å². The molecule has 1 N–H and O–H groups in total. The van der Waals surface area contributed by atoms with Gasteiger partial charge in [0.1, 0.15) is 0 Å². The maximum atomic E-state index is 13.0. The van der Waals surface area contributed by atoms with Crippen molar-refractivity contribution in [2.24, 2.45) is 0 Å². The predicted octanol–water partition coefficient (Wildman–Crippen LogP) is 5.10. The molecule has 0 spiro atoms. The Balaban J connectivity index is 1.72. The van der Waals surface area contributed by atoms with Gasteiger partial charge in [-0.15, -0.1) is 11.8 Å². The van der Waals surface area contributed by atoms with E-state index in [2.05, 4.69) is 5.32 Å². The van der Waals surface area contributed by atoms with Gasteiger partial charge >= 0.3 is 0 Å². The summed E-state index contributed by atoms with van der Waals surface area (Å²) in [5, 5.41) is 2.73. The molecule has 3 rings (SSSR count). The third kappa shape index (κ3) is 5.21. The quantitative estimate of drug-likeness (QED) is 0.609. The first-order valence-electron chi connectivity index (χ1n) is 8.57. The Morgan fingerprint density at radius 2 is 1.33 bits per heavy atom. The van der Waals surface area contributed by atoms with E-state index in [-0.39, 0.29) is 11.8 Å². The molecular weight excluding hydrogens is 356 g/mol. The average Bonchev–Trinajstić information content (AvgIpc) is 2.69. The lowest BCUT2D eigenvalue weighted by molar-refractivity contribution is -0.115. The minimum Gasteiger partial charge on any atom is -0.326 e. The number of hydrogen-bond acceptors (Lipinski definition) is 3. The lowest BCUT2D eigenvalue weighted by Gasteiger charge is -2.23. The highest BCUT2D eigenvalue weighted by molar-refractivity contribution is 8.00. The van der Waals surface area contributed by atoms with Gasteiger partial charge < -0.3 is 5.32 Å². The molecule has 5 heteroatoms. The van der Waals surface area contributed by atoms with Crippen molar-refractivity contribution in [3.8, 4) is 0 Å². The van der Waals surface area contributed by atoms with E-state index in [0.717, 1.165) is 22.0 Å². The van der Waals surface area contributed by atoms with Crippen LogP contribution >= 0.6 is 11.8 Å². The number of nitrogens with zero attached hydrogens (tertiary/aromatic N) is 1. The molecule has 3 aromatic rings. The third-order valence-electron chi connectivity index (χ3n) is 3.82. The maximum absolute atomic E-state index is 13.0. The molecule has 0 aliphatic rings. The third-order valence-corrected chi connectivity index (χ3v) is 4.81. The summed E-state index contributed by atoms with van der Waals surface area (Å²) >= 11 is 1.47. The second-order valence-corrected chi connectivity index (χ2v) is 6.94. The van der Waals surface area contributed by atoms with Gasteiger partial charge in [-0.2, -0.15) is 0 Å². The van der Waals surface area contributed by atoms with Crippen LogP contribution in [0.15, 0.2) is 89.8 Å². The highest BCUT2D eigenvalue weighted by atomic mass is 32.2. The summed E-state index contributed by atoms with van der Waals surface area (Å²) in [6.07, 6.45) is 0. The van der Waals surface area contributed by atoms with Crippen LogP contribution in [0.2, 0.25) is 0 Å². The second kappa shape index (κ2) is 9.05. The molecule has 3 aromatic carbocycles. The van der Waals surface area contributed by atoms with Crippen molar-refractivity contribution in [3.63, 3.8) is 0 Å². The van der Waals surface area contributed by atoms with Crippen LogP contribution in [0.1, 0.15) is 6.92 Å². The summed E-state index contributed by atoms with van der Waals surface area (Å²) in [6.45, 7) is 1.48. The fourth-order valence-corrected chi connectivity index (χ4v) is 3.39. The molecule has 0 bridgehead atoms. The second-order valence-electron chi connectivity index (χ2n) is 5.89. The van der Waals surface area contributed by atoms with Gasteiger partial charge in [0.2, 0.25) is 11.8 Å². The minimum atomic E-state index is -0.105. The van der Waals surface area contributed by atoms with Crippen molar-refractivity contribution in [3.05, 3.63) is 84.9 Å². The summed E-state index contributed by atoms with van der Waals surface area (Å²) in [6, 6.07) is 26.7. The van der Waals surface area contributed by atoms with Gasteiger partial charge in [0, 0.05) is 28.9 Å². The van der Waals surface area contributed by atoms with E-state index in [0.29, 0.717) is 5.75 Å². The highest BCUT2D eigenvalue weighted by Crippen LogP contribution is 2.28. The molecule has 0 unspecified atom stereocenters. The molecule has 0 aliphatic carbocycles. The number of carbonyl (C=O) groups excluding carboxylic acids is 2. The molecule has 0 radical (unpaired) electrons. The number of hydrogen-bond donors (Lipinski definition) is 1. The molecule has 0 atom stereocenters. The average molecular weight is 376 g/mol. The smallest absolute Gasteiger partial charge is 0.241 e. The van der Waals surface area contributed by atoms with Crippen LogP contribution < -0.4 is 10.2 Å². The van der Waals surface area contributed by atoms with Crippen molar-refractivity contribution in [1.82, 2.24) is 0 Å². The number of thioether (sulfide) groups is 1. The van der Waals surface area contributed by atoms with Crippen LogP contribution in [0.25, 0.3) is 0 Å². The van der Waals surface area contributed by atoms with Crippen LogP contribution in [-0.2, 0) is 9.59 Å². The van der Waals surface area contributed by atoms with Crippen LogP contribution in [0, 0.1) is 0 Å². The highest BCUT2D eigenvalue weighted by Gasteiger charge is 2.17. The monoisotopic (exact) mass is 376 g/mol. The van der Waals surface area contributed by atoms with Crippen molar-refractivity contribution >= 4 is 40.6 Å². The molecule has 0 fully saturated rings. The molecule has 0 saturated carbocycles. The van der Waals surface area contributed by atoms with Gasteiger partial charge in [0.25, 0.3) is 0 Å². The van der Waals surface area contributed by atoms with E-state index in [1.807, 2.05) is 84.9 Å². The van der Waals surface area contributed by atoms with Crippen molar-refractivity contribution < 1.29 is 9.59 Å². The standard InChI is InChI=1S/C22H20N2O2S/c1-17(25)23-18-12-14-21(15-13-18)27-16-22(26)24(19-8-4-2-5-9-19)20-10-6-3-7-11-20/h2-15H,16H2,1H3,(H,23,25). The number of nitrogens with one attached hydrogen (secondary N) is 1. The Morgan fingerprint density at radius 3 is 1.81 bits per heavy atom. The van der Waals surface area contributed by atoms with Gasteiger partial charge in [0.05, 0.1) is 5.75 Å². The summed E-state index contributed by atoms with van der Waals surface area (Å²) in [5.41, 5.74) is 2.43. The molecule has 0 saturated heterocycles. The van der Waals surface area contributed by atoms with Gasteiger partial charge in [0.15, 0.2) is 0 Å². The fraction of sp³-hybridized carbons (Fsp3) is 0.0909. The SMILES string of the molecule is CC(=O)Nc1ccc(SCC(=O)N(c2ccccc2)c2ccccc2)cc1. The number of carbonyl (C=O) groups is 2. The van der Waals surface area contributed by atoms with E-state index in [1.54, 1.807) is 4.90 Å². The first-order valence-corrected chi connectivity index (χ1v) is 9.55. The lowest BCUT2D eigenvalue weighted by Crippen LogP contribution is -2.27.